The van der Waals surface area contributed by atoms with Crippen LogP contribution in [0, 0.1) is 0 Å². The second-order valence-electron chi connectivity index (χ2n) is 9.86. The molecule has 5 aromatic rings. The van der Waals surface area contributed by atoms with Gasteiger partial charge in [-0.3, -0.25) is 10.1 Å². The van der Waals surface area contributed by atoms with Crippen LogP contribution in [0.25, 0.3) is 32.3 Å². The highest BCUT2D eigenvalue weighted by atomic mass is 35.5. The molecule has 6 rings (SSSR count). The second-order valence-corrected chi connectivity index (χ2v) is 11.3. The van der Waals surface area contributed by atoms with Crippen LogP contribution in [0.2, 0.25) is 5.02 Å². The zero-order valence-corrected chi connectivity index (χ0v) is 23.3. The standard InChI is InChI=1S/C33H26ClNO4S/c1-21(26-6-2-4-8-28(26)34)39-32(37)35-31-30(27-7-3-5-9-29(27)40-31)24-12-10-22(11-13-24)23-14-16-25(17-15-23)33(18-19-33)38-20-36/h2-17,20-21H,18-19H2,1H3,(H,35,37)/t21-/m1/s1. The third-order valence-electron chi connectivity index (χ3n) is 7.33. The number of hydrogen-bond acceptors (Lipinski definition) is 5. The van der Waals surface area contributed by atoms with E-state index in [1.54, 1.807) is 13.0 Å². The Balaban J connectivity index is 1.25. The van der Waals surface area contributed by atoms with Crippen molar-refractivity contribution in [1.29, 1.82) is 0 Å². The molecule has 1 amide bonds. The van der Waals surface area contributed by atoms with Crippen LogP contribution in [-0.2, 0) is 19.9 Å². The summed E-state index contributed by atoms with van der Waals surface area (Å²) in [5.41, 5.74) is 5.41. The molecule has 1 aliphatic carbocycles. The van der Waals surface area contributed by atoms with Gasteiger partial charge in [0.1, 0.15) is 16.7 Å². The van der Waals surface area contributed by atoms with E-state index in [4.69, 9.17) is 21.1 Å². The highest BCUT2D eigenvalue weighted by Gasteiger charge is 2.46. The van der Waals surface area contributed by atoms with Gasteiger partial charge in [0.2, 0.25) is 0 Å². The molecule has 200 valence electrons. The van der Waals surface area contributed by atoms with Crippen LogP contribution in [0.4, 0.5) is 9.80 Å². The number of thiophene rings is 1. The van der Waals surface area contributed by atoms with Crippen molar-refractivity contribution in [2.75, 3.05) is 5.32 Å². The SMILES string of the molecule is C[C@@H](OC(=O)Nc1sc2ccccc2c1-c1ccc(-c2ccc(C3(OC=O)CC3)cc2)cc1)c1ccccc1Cl. The molecule has 4 aromatic carbocycles. The lowest BCUT2D eigenvalue weighted by molar-refractivity contribution is -0.136. The van der Waals surface area contributed by atoms with Crippen molar-refractivity contribution in [2.45, 2.75) is 31.5 Å². The molecule has 0 spiro atoms. The summed E-state index contributed by atoms with van der Waals surface area (Å²) in [6.45, 7) is 2.34. The smallest absolute Gasteiger partial charge is 0.412 e. The van der Waals surface area contributed by atoms with Crippen LogP contribution in [0.3, 0.4) is 0 Å². The minimum absolute atomic E-state index is 0.445. The van der Waals surface area contributed by atoms with E-state index in [2.05, 4.69) is 47.8 Å². The Morgan fingerprint density at radius 3 is 2.20 bits per heavy atom. The lowest BCUT2D eigenvalue weighted by atomic mass is 9.97. The first-order valence-corrected chi connectivity index (χ1v) is 14.2. The molecule has 1 fully saturated rings. The minimum Gasteiger partial charge on any atom is -0.456 e. The highest BCUT2D eigenvalue weighted by molar-refractivity contribution is 7.23. The number of carbonyl (C=O) groups excluding carboxylic acids is 2. The van der Waals surface area contributed by atoms with Gasteiger partial charge in [-0.2, -0.15) is 0 Å². The number of ether oxygens (including phenoxy) is 2. The van der Waals surface area contributed by atoms with Crippen molar-refractivity contribution < 1.29 is 19.1 Å². The zero-order chi connectivity index (χ0) is 27.7. The summed E-state index contributed by atoms with van der Waals surface area (Å²) in [5.74, 6) is 0. The van der Waals surface area contributed by atoms with E-state index in [1.807, 2.05) is 48.5 Å². The molecule has 0 radical (unpaired) electrons. The van der Waals surface area contributed by atoms with Gasteiger partial charge in [-0.15, -0.1) is 11.3 Å². The molecular formula is C33H26ClNO4S. The van der Waals surface area contributed by atoms with E-state index in [-0.39, 0.29) is 0 Å². The molecule has 1 aliphatic rings. The lowest BCUT2D eigenvalue weighted by Crippen LogP contribution is -2.16. The molecule has 1 aromatic heterocycles. The summed E-state index contributed by atoms with van der Waals surface area (Å²) in [6, 6.07) is 31.9. The van der Waals surface area contributed by atoms with Crippen LogP contribution in [-0.4, -0.2) is 12.6 Å². The largest absolute Gasteiger partial charge is 0.456 e. The monoisotopic (exact) mass is 567 g/mol. The van der Waals surface area contributed by atoms with Gasteiger partial charge >= 0.3 is 6.09 Å². The number of fused-ring (bicyclic) bond motifs is 1. The van der Waals surface area contributed by atoms with Gasteiger partial charge in [-0.05, 0) is 54.2 Å². The molecule has 0 saturated heterocycles. The fraction of sp³-hybridized carbons (Fsp3) is 0.152. The van der Waals surface area contributed by atoms with E-state index in [0.717, 1.165) is 61.3 Å². The van der Waals surface area contributed by atoms with Gasteiger partial charge in [-0.25, -0.2) is 4.79 Å². The molecule has 40 heavy (non-hydrogen) atoms. The van der Waals surface area contributed by atoms with Crippen LogP contribution < -0.4 is 5.32 Å². The average Bonchev–Trinajstić information content (AvgIpc) is 3.66. The number of anilines is 1. The molecule has 1 atom stereocenters. The maximum absolute atomic E-state index is 13.0. The molecular weight excluding hydrogens is 542 g/mol. The van der Waals surface area contributed by atoms with Crippen LogP contribution in [0.15, 0.2) is 97.1 Å². The summed E-state index contributed by atoms with van der Waals surface area (Å²) in [7, 11) is 0. The molecule has 1 N–H and O–H groups in total. The summed E-state index contributed by atoms with van der Waals surface area (Å²) in [4.78, 5) is 23.8. The third kappa shape index (κ3) is 5.08. The Bertz CT molecular complexity index is 1690. The van der Waals surface area contributed by atoms with E-state index in [0.29, 0.717) is 11.5 Å². The van der Waals surface area contributed by atoms with Gasteiger partial charge < -0.3 is 9.47 Å². The van der Waals surface area contributed by atoms with Gasteiger partial charge in [0.15, 0.2) is 0 Å². The number of rotatable bonds is 8. The lowest BCUT2D eigenvalue weighted by Gasteiger charge is -2.16. The number of halogens is 1. The Hall–Kier alpha value is -4.13. The van der Waals surface area contributed by atoms with Crippen molar-refractivity contribution in [3.05, 3.63) is 113 Å². The molecule has 1 saturated carbocycles. The van der Waals surface area contributed by atoms with Gasteiger partial charge in [0, 0.05) is 26.2 Å². The average molecular weight is 568 g/mol. The maximum Gasteiger partial charge on any atom is 0.412 e. The summed E-state index contributed by atoms with van der Waals surface area (Å²) < 4.78 is 12.1. The van der Waals surface area contributed by atoms with Crippen LogP contribution in [0.5, 0.6) is 0 Å². The van der Waals surface area contributed by atoms with Crippen molar-refractivity contribution in [1.82, 2.24) is 0 Å². The maximum atomic E-state index is 13.0. The molecule has 1 heterocycles. The Kier molecular flexibility index (Phi) is 7.05. The Morgan fingerprint density at radius 1 is 0.900 bits per heavy atom. The number of benzene rings is 4. The zero-order valence-electron chi connectivity index (χ0n) is 21.7. The first-order chi connectivity index (χ1) is 19.5. The first kappa shape index (κ1) is 26.1. The first-order valence-electron chi connectivity index (χ1n) is 13.0. The van der Waals surface area contributed by atoms with E-state index < -0.39 is 17.8 Å². The Labute approximate surface area is 241 Å². The van der Waals surface area contributed by atoms with E-state index in [9.17, 15) is 9.59 Å². The molecule has 5 nitrogen and oxygen atoms in total. The predicted octanol–water partition coefficient (Wildman–Crippen LogP) is 9.36. The quantitative estimate of drug-likeness (QED) is 0.190. The van der Waals surface area contributed by atoms with Crippen LogP contribution in [0.1, 0.15) is 37.0 Å². The fourth-order valence-corrected chi connectivity index (χ4v) is 6.45. The molecule has 7 heteroatoms. The number of carbonyl (C=O) groups is 2. The van der Waals surface area contributed by atoms with Gasteiger partial charge in [-0.1, -0.05) is 96.5 Å². The van der Waals surface area contributed by atoms with Crippen molar-refractivity contribution in [2.24, 2.45) is 0 Å². The minimum atomic E-state index is -0.538. The summed E-state index contributed by atoms with van der Waals surface area (Å²) >= 11 is 7.81. The van der Waals surface area contributed by atoms with E-state index >= 15 is 0 Å². The van der Waals surface area contributed by atoms with Crippen molar-refractivity contribution >= 4 is 50.6 Å². The third-order valence-corrected chi connectivity index (χ3v) is 8.76. The number of amides is 1. The van der Waals surface area contributed by atoms with Crippen LogP contribution >= 0.6 is 22.9 Å². The normalized spacial score (nSPS) is 14.3. The Morgan fingerprint density at radius 2 is 1.52 bits per heavy atom. The van der Waals surface area contributed by atoms with Crippen molar-refractivity contribution in [3.8, 4) is 22.3 Å². The molecule has 0 unspecified atom stereocenters. The predicted molar refractivity (Wildman–Crippen MR) is 161 cm³/mol. The highest BCUT2D eigenvalue weighted by Crippen LogP contribution is 2.49. The van der Waals surface area contributed by atoms with E-state index in [1.165, 1.54) is 11.3 Å². The summed E-state index contributed by atoms with van der Waals surface area (Å²) in [5, 5.41) is 5.32. The number of nitrogens with one attached hydrogen (secondary N) is 1. The topological polar surface area (TPSA) is 64.6 Å². The van der Waals surface area contributed by atoms with Gasteiger partial charge in [0.25, 0.3) is 6.47 Å². The summed E-state index contributed by atoms with van der Waals surface area (Å²) in [6.07, 6.45) is 0.676. The van der Waals surface area contributed by atoms with Crippen molar-refractivity contribution in [3.63, 3.8) is 0 Å². The fourth-order valence-electron chi connectivity index (χ4n) is 5.05. The molecule has 0 bridgehead atoms. The number of hydrogen-bond donors (Lipinski definition) is 1. The van der Waals surface area contributed by atoms with Gasteiger partial charge in [0.05, 0.1) is 0 Å². The molecule has 0 aliphatic heterocycles. The second kappa shape index (κ2) is 10.8.